The number of rotatable bonds is 6. The Labute approximate surface area is 147 Å². The fraction of sp³-hybridized carbons (Fsp3) is 0.500. The van der Waals surface area contributed by atoms with E-state index in [0.29, 0.717) is 11.7 Å². The van der Waals surface area contributed by atoms with Crippen LogP contribution >= 0.6 is 0 Å². The number of anilines is 1. The predicted octanol–water partition coefficient (Wildman–Crippen LogP) is 2.07. The first-order valence-corrected chi connectivity index (χ1v) is 8.26. The van der Waals surface area contributed by atoms with Gasteiger partial charge in [-0.15, -0.1) is 0 Å². The molecule has 25 heavy (non-hydrogen) atoms. The number of hydrogen-bond acceptors (Lipinski definition) is 6. The van der Waals surface area contributed by atoms with E-state index in [9.17, 15) is 14.4 Å². The molecule has 1 aromatic rings. The number of carbonyl (C=O) groups is 3. The molecular formula is C18H24N2O5. The molecule has 7 nitrogen and oxygen atoms in total. The Balaban J connectivity index is 2.12. The summed E-state index contributed by atoms with van der Waals surface area (Å²) < 4.78 is 9.37. The average Bonchev–Trinajstić information content (AvgIpc) is 3.14. The number of esters is 2. The molecule has 0 heterocycles. The predicted molar refractivity (Wildman–Crippen MR) is 92.6 cm³/mol. The summed E-state index contributed by atoms with van der Waals surface area (Å²) in [6, 6.07) is 4.76. The summed E-state index contributed by atoms with van der Waals surface area (Å²) in [5.74, 6) is -1.39. The van der Waals surface area contributed by atoms with Gasteiger partial charge in [-0.3, -0.25) is 9.69 Å². The highest BCUT2D eigenvalue weighted by Crippen LogP contribution is 2.22. The van der Waals surface area contributed by atoms with Crippen molar-refractivity contribution in [3.05, 3.63) is 29.3 Å². The molecule has 2 rings (SSSR count). The van der Waals surface area contributed by atoms with Crippen molar-refractivity contribution in [1.29, 1.82) is 0 Å². The number of nitrogens with one attached hydrogen (secondary N) is 1. The number of methoxy groups -OCH3 is 2. The first kappa shape index (κ1) is 18.9. The molecule has 0 aromatic heterocycles. The molecule has 1 aliphatic rings. The highest BCUT2D eigenvalue weighted by Gasteiger charge is 2.21. The van der Waals surface area contributed by atoms with E-state index in [4.69, 9.17) is 0 Å². The Bertz CT molecular complexity index is 619. The largest absolute Gasteiger partial charge is 0.465 e. The van der Waals surface area contributed by atoms with Crippen LogP contribution < -0.4 is 5.32 Å². The molecule has 7 heteroatoms. The summed E-state index contributed by atoms with van der Waals surface area (Å²) in [5.41, 5.74) is 0.697. The molecular weight excluding hydrogens is 324 g/mol. The van der Waals surface area contributed by atoms with Crippen LogP contribution in [0.5, 0.6) is 0 Å². The van der Waals surface area contributed by atoms with Crippen molar-refractivity contribution in [3.8, 4) is 0 Å². The molecule has 0 aliphatic heterocycles. The van der Waals surface area contributed by atoms with Crippen molar-refractivity contribution >= 4 is 23.5 Å². The van der Waals surface area contributed by atoms with Gasteiger partial charge in [0, 0.05) is 11.7 Å². The topological polar surface area (TPSA) is 84.9 Å². The molecule has 1 saturated carbocycles. The fourth-order valence-electron chi connectivity index (χ4n) is 3.07. The van der Waals surface area contributed by atoms with Crippen LogP contribution in [0.1, 0.15) is 46.4 Å². The zero-order valence-electron chi connectivity index (χ0n) is 14.8. The van der Waals surface area contributed by atoms with Crippen LogP contribution in [-0.2, 0) is 14.3 Å². The molecule has 1 amide bonds. The van der Waals surface area contributed by atoms with Gasteiger partial charge in [0.25, 0.3) is 0 Å². The number of likely N-dealkylation sites (N-methyl/N-ethyl adjacent to an activating group) is 1. The van der Waals surface area contributed by atoms with Gasteiger partial charge in [0.1, 0.15) is 0 Å². The summed E-state index contributed by atoms with van der Waals surface area (Å²) in [6.45, 7) is 0.251. The lowest BCUT2D eigenvalue weighted by Crippen LogP contribution is -2.36. The van der Waals surface area contributed by atoms with Crippen molar-refractivity contribution in [1.82, 2.24) is 4.90 Å². The molecule has 0 bridgehead atoms. The molecule has 1 N–H and O–H groups in total. The number of ether oxygens (including phenoxy) is 2. The van der Waals surface area contributed by atoms with Gasteiger partial charge in [-0.05, 0) is 38.1 Å². The first-order valence-electron chi connectivity index (χ1n) is 8.26. The van der Waals surface area contributed by atoms with E-state index in [1.54, 1.807) is 0 Å². The summed E-state index contributed by atoms with van der Waals surface area (Å²) in [4.78, 5) is 37.9. The van der Waals surface area contributed by atoms with E-state index in [2.05, 4.69) is 14.8 Å². The number of carbonyl (C=O) groups excluding carboxylic acids is 3. The van der Waals surface area contributed by atoms with Crippen LogP contribution in [0.4, 0.5) is 5.69 Å². The molecule has 0 unspecified atom stereocenters. The van der Waals surface area contributed by atoms with Crippen LogP contribution in [0, 0.1) is 0 Å². The molecule has 136 valence electrons. The highest BCUT2D eigenvalue weighted by molar-refractivity contribution is 5.99. The van der Waals surface area contributed by atoms with Crippen LogP contribution in [-0.4, -0.2) is 56.6 Å². The normalized spacial score (nSPS) is 14.4. The van der Waals surface area contributed by atoms with Crippen LogP contribution in [0.25, 0.3) is 0 Å². The summed E-state index contributed by atoms with van der Waals surface area (Å²) in [7, 11) is 4.43. The van der Waals surface area contributed by atoms with E-state index >= 15 is 0 Å². The maximum absolute atomic E-state index is 12.3. The third-order valence-electron chi connectivity index (χ3n) is 4.40. The van der Waals surface area contributed by atoms with Crippen molar-refractivity contribution in [2.24, 2.45) is 0 Å². The van der Waals surface area contributed by atoms with E-state index in [0.717, 1.165) is 12.8 Å². The second kappa shape index (κ2) is 8.62. The summed E-state index contributed by atoms with van der Waals surface area (Å²) >= 11 is 0. The van der Waals surface area contributed by atoms with Gasteiger partial charge < -0.3 is 14.8 Å². The van der Waals surface area contributed by atoms with Crippen molar-refractivity contribution in [3.63, 3.8) is 0 Å². The number of nitrogens with zero attached hydrogens (tertiary/aromatic N) is 1. The van der Waals surface area contributed by atoms with Gasteiger partial charge in [-0.25, -0.2) is 9.59 Å². The maximum Gasteiger partial charge on any atom is 0.337 e. The Morgan fingerprint density at radius 2 is 1.56 bits per heavy atom. The molecule has 0 saturated heterocycles. The zero-order valence-corrected chi connectivity index (χ0v) is 14.8. The van der Waals surface area contributed by atoms with Crippen LogP contribution in [0.3, 0.4) is 0 Å². The lowest BCUT2D eigenvalue weighted by atomic mass is 10.1. The number of hydrogen-bond donors (Lipinski definition) is 1. The van der Waals surface area contributed by atoms with Gasteiger partial charge in [0.15, 0.2) is 0 Å². The second-order valence-corrected chi connectivity index (χ2v) is 6.18. The lowest BCUT2D eigenvalue weighted by Gasteiger charge is -2.23. The van der Waals surface area contributed by atoms with E-state index in [1.807, 2.05) is 11.9 Å². The van der Waals surface area contributed by atoms with Gasteiger partial charge in [0.05, 0.1) is 31.9 Å². The Kier molecular flexibility index (Phi) is 6.52. The van der Waals surface area contributed by atoms with Crippen molar-refractivity contribution in [2.45, 2.75) is 31.7 Å². The fourth-order valence-corrected chi connectivity index (χ4v) is 3.07. The maximum atomic E-state index is 12.3. The third kappa shape index (κ3) is 5.03. The lowest BCUT2D eigenvalue weighted by molar-refractivity contribution is -0.117. The van der Waals surface area contributed by atoms with E-state index in [1.165, 1.54) is 45.3 Å². The minimum Gasteiger partial charge on any atom is -0.465 e. The van der Waals surface area contributed by atoms with Crippen molar-refractivity contribution < 1.29 is 23.9 Å². The van der Waals surface area contributed by atoms with Gasteiger partial charge in [-0.1, -0.05) is 12.8 Å². The number of benzene rings is 1. The smallest absolute Gasteiger partial charge is 0.337 e. The van der Waals surface area contributed by atoms with E-state index in [-0.39, 0.29) is 23.6 Å². The molecule has 1 fully saturated rings. The standard InChI is InChI=1S/C18H24N2O5/c1-20(15-6-4-5-7-15)11-16(21)19-14-9-12(17(22)24-2)8-13(10-14)18(23)25-3/h8-10,15H,4-7,11H2,1-3H3,(H,19,21). The third-order valence-corrected chi connectivity index (χ3v) is 4.40. The minimum absolute atomic E-state index is 0.171. The van der Waals surface area contributed by atoms with E-state index < -0.39 is 11.9 Å². The van der Waals surface area contributed by atoms with Crippen LogP contribution in [0.15, 0.2) is 18.2 Å². The molecule has 1 aromatic carbocycles. The molecule has 1 aliphatic carbocycles. The average molecular weight is 348 g/mol. The van der Waals surface area contributed by atoms with Gasteiger partial charge in [0.2, 0.25) is 5.91 Å². The van der Waals surface area contributed by atoms with Gasteiger partial charge >= 0.3 is 11.9 Å². The van der Waals surface area contributed by atoms with Gasteiger partial charge in [-0.2, -0.15) is 0 Å². The minimum atomic E-state index is -0.593. The SMILES string of the molecule is COC(=O)c1cc(NC(=O)CN(C)C2CCCC2)cc(C(=O)OC)c1. The van der Waals surface area contributed by atoms with Crippen LogP contribution in [0.2, 0.25) is 0 Å². The Morgan fingerprint density at radius 1 is 1.04 bits per heavy atom. The second-order valence-electron chi connectivity index (χ2n) is 6.18. The Hall–Kier alpha value is -2.41. The first-order chi connectivity index (χ1) is 11.9. The molecule has 0 radical (unpaired) electrons. The molecule has 0 spiro atoms. The van der Waals surface area contributed by atoms with Crippen molar-refractivity contribution in [2.75, 3.05) is 33.1 Å². The molecule has 0 atom stereocenters. The monoisotopic (exact) mass is 348 g/mol. The zero-order chi connectivity index (χ0) is 18.4. The summed E-state index contributed by atoms with van der Waals surface area (Å²) in [6.07, 6.45) is 4.60. The Morgan fingerprint density at radius 3 is 2.04 bits per heavy atom. The highest BCUT2D eigenvalue weighted by atomic mass is 16.5. The number of amides is 1. The quantitative estimate of drug-likeness (QED) is 0.792. The summed E-state index contributed by atoms with van der Waals surface area (Å²) in [5, 5.41) is 2.74.